The summed E-state index contributed by atoms with van der Waals surface area (Å²) in [5, 5.41) is 0. The molecule has 11 rings (SSSR count). The lowest BCUT2D eigenvalue weighted by atomic mass is 9.33. The molecule has 0 spiro atoms. The molecule has 0 N–H and O–H groups in total. The highest BCUT2D eigenvalue weighted by atomic mass is 15.2. The Kier molecular flexibility index (Phi) is 15.2. The summed E-state index contributed by atoms with van der Waals surface area (Å²) in [4.78, 5) is 7.99. The van der Waals surface area contributed by atoms with E-state index in [0.717, 1.165) is 17.1 Å². The van der Waals surface area contributed by atoms with E-state index < -0.39 is 0 Å². The van der Waals surface area contributed by atoms with Crippen molar-refractivity contribution in [3.8, 4) is 22.3 Å². The molecule has 0 bridgehead atoms. The van der Waals surface area contributed by atoms with E-state index in [1.165, 1.54) is 140 Å². The number of rotatable bonds is 7. The van der Waals surface area contributed by atoms with Crippen molar-refractivity contribution >= 4 is 74.3 Å². The first-order valence-corrected chi connectivity index (χ1v) is 32.4. The van der Waals surface area contributed by atoms with Crippen molar-refractivity contribution in [3.63, 3.8) is 0 Å². The summed E-state index contributed by atoms with van der Waals surface area (Å²) in [5.74, 6) is 0. The van der Waals surface area contributed by atoms with Gasteiger partial charge >= 0.3 is 0 Å². The lowest BCUT2D eigenvalue weighted by molar-refractivity contribution is 0.568. The van der Waals surface area contributed by atoms with Crippen molar-refractivity contribution in [2.75, 3.05) is 14.7 Å². The molecule has 2 aliphatic rings. The third-order valence-corrected chi connectivity index (χ3v) is 19.0. The molecule has 2 heterocycles. The summed E-state index contributed by atoms with van der Waals surface area (Å²) in [6.45, 7) is 55.9. The number of aryl methyl sites for hydroxylation is 6. The predicted molar refractivity (Wildman–Crippen MR) is 387 cm³/mol. The van der Waals surface area contributed by atoms with Crippen molar-refractivity contribution in [2.24, 2.45) is 0 Å². The van der Waals surface area contributed by atoms with E-state index in [0.29, 0.717) is 0 Å². The first-order chi connectivity index (χ1) is 40.9. The van der Waals surface area contributed by atoms with Gasteiger partial charge in [-0.1, -0.05) is 245 Å². The first-order valence-electron chi connectivity index (χ1n) is 32.4. The summed E-state index contributed by atoms with van der Waals surface area (Å²) >= 11 is 0. The maximum Gasteiger partial charge on any atom is 0.252 e. The van der Waals surface area contributed by atoms with Gasteiger partial charge in [0.25, 0.3) is 6.71 Å². The van der Waals surface area contributed by atoms with E-state index in [4.69, 9.17) is 0 Å². The van der Waals surface area contributed by atoms with Gasteiger partial charge in [-0.3, -0.25) is 0 Å². The fourth-order valence-electron chi connectivity index (χ4n) is 14.0. The van der Waals surface area contributed by atoms with Crippen LogP contribution in [0, 0.1) is 41.5 Å². The number of anilines is 9. The third-order valence-electron chi connectivity index (χ3n) is 19.0. The van der Waals surface area contributed by atoms with Gasteiger partial charge in [0.15, 0.2) is 0 Å². The average molecular weight is 1160 g/mol. The van der Waals surface area contributed by atoms with E-state index in [9.17, 15) is 0 Å². The highest BCUT2D eigenvalue weighted by Gasteiger charge is 2.46. The Morgan fingerprint density at radius 3 is 0.830 bits per heavy atom. The van der Waals surface area contributed by atoms with Crippen LogP contribution in [0.25, 0.3) is 22.3 Å². The quantitative estimate of drug-likeness (QED) is 0.147. The molecule has 9 aromatic carbocycles. The van der Waals surface area contributed by atoms with Crippen LogP contribution in [-0.2, 0) is 32.5 Å². The highest BCUT2D eigenvalue weighted by molar-refractivity contribution is 7.00. The molecule has 0 aliphatic carbocycles. The number of benzene rings is 9. The van der Waals surface area contributed by atoms with Crippen LogP contribution < -0.4 is 31.1 Å². The predicted octanol–water partition coefficient (Wildman–Crippen LogP) is 22.2. The highest BCUT2D eigenvalue weighted by Crippen LogP contribution is 2.52. The van der Waals surface area contributed by atoms with E-state index >= 15 is 0 Å². The monoisotopic (exact) mass is 1160 g/mol. The van der Waals surface area contributed by atoms with E-state index in [1.54, 1.807) is 0 Å². The largest absolute Gasteiger partial charge is 0.311 e. The van der Waals surface area contributed by atoms with Crippen LogP contribution >= 0.6 is 0 Å². The summed E-state index contributed by atoms with van der Waals surface area (Å²) < 4.78 is 0. The number of fused-ring (bicyclic) bond motifs is 4. The lowest BCUT2D eigenvalue weighted by Crippen LogP contribution is -2.61. The normalized spacial score (nSPS) is 13.6. The van der Waals surface area contributed by atoms with Crippen LogP contribution in [-0.4, -0.2) is 6.71 Å². The molecule has 0 radical (unpaired) electrons. The molecule has 3 nitrogen and oxygen atoms in total. The fourth-order valence-corrected chi connectivity index (χ4v) is 14.0. The summed E-state index contributed by atoms with van der Waals surface area (Å²) in [6, 6.07) is 63.1. The Labute approximate surface area is 531 Å². The minimum atomic E-state index is -0.141. The minimum absolute atomic E-state index is 0.0400. The van der Waals surface area contributed by atoms with Gasteiger partial charge in [0.2, 0.25) is 0 Å². The number of hydrogen-bond acceptors (Lipinski definition) is 3. The average Bonchev–Trinajstić information content (AvgIpc) is 0.708. The van der Waals surface area contributed by atoms with Gasteiger partial charge in [0.1, 0.15) is 0 Å². The van der Waals surface area contributed by atoms with Crippen LogP contribution in [0.4, 0.5) is 51.2 Å². The minimum Gasteiger partial charge on any atom is -0.311 e. The molecule has 0 atom stereocenters. The number of hydrogen-bond donors (Lipinski definition) is 0. The topological polar surface area (TPSA) is 9.72 Å². The van der Waals surface area contributed by atoms with Crippen molar-refractivity contribution in [1.29, 1.82) is 0 Å². The van der Waals surface area contributed by atoms with Gasteiger partial charge in [-0.2, -0.15) is 0 Å². The molecule has 0 unspecified atom stereocenters. The SMILES string of the molecule is Cc1cc(C)c(N2c3ccc(-c4ccc(C(C)(C)C)cc4)cc3B3c4cc(-c5ccc(C(C)(C)C)cc5)ccc4N(c4c(C)cc(C)cc4C)c4cc(N(c5cc(C(C)(C)C)cc(C(C)(C)C)c5)c5cc(C(C)(C)C)cc(C(C)(C)C)c5)cc2c43)c(C)c1. The van der Waals surface area contributed by atoms with E-state index in [2.05, 4.69) is 339 Å². The lowest BCUT2D eigenvalue weighted by Gasteiger charge is -2.46. The Balaban J connectivity index is 1.34. The van der Waals surface area contributed by atoms with Crippen LogP contribution in [0.3, 0.4) is 0 Å². The number of nitrogens with zero attached hydrogens (tertiary/aromatic N) is 3. The van der Waals surface area contributed by atoms with Crippen molar-refractivity contribution < 1.29 is 0 Å². The maximum atomic E-state index is 2.67. The van der Waals surface area contributed by atoms with Gasteiger partial charge in [0, 0.05) is 34.1 Å². The fraction of sp³-hybridized carbons (Fsp3) is 0.357. The van der Waals surface area contributed by atoms with Gasteiger partial charge < -0.3 is 14.7 Å². The summed E-state index contributed by atoms with van der Waals surface area (Å²) in [6.07, 6.45) is 0. The second kappa shape index (κ2) is 21.6. The zero-order valence-corrected chi connectivity index (χ0v) is 57.9. The Bertz CT molecular complexity index is 3830. The van der Waals surface area contributed by atoms with E-state index in [1.807, 2.05) is 0 Å². The molecule has 4 heteroatoms. The maximum absolute atomic E-state index is 2.67. The Hall–Kier alpha value is -7.56. The van der Waals surface area contributed by atoms with Crippen molar-refractivity contribution in [2.45, 2.75) is 199 Å². The van der Waals surface area contributed by atoms with Gasteiger partial charge in [-0.25, -0.2) is 0 Å². The molecule has 9 aromatic rings. The summed E-state index contributed by atoms with van der Waals surface area (Å²) in [7, 11) is 0. The molecule has 0 fully saturated rings. The standard InChI is InChI=1S/C84H98BN3/c1-51-37-53(3)77(54(4)38-51)87-72-35-29-59(57-25-31-61(32-26-57)79(7,8)9)41-70(72)85-71-42-60(58-27-33-62(34-28-58)80(10,11)12)30-36-73(71)88(78-55(5)39-52(2)40-56(78)6)75-50-69(49-74(87)76(75)85)86(67-45-63(81(13,14)15)43-64(46-67)82(16,17)18)68-47-65(83(19,20)21)44-66(48-68)84(22,23)24/h25-50H,1-24H3. The second-order valence-corrected chi connectivity index (χ2v) is 32.6. The Morgan fingerprint density at radius 1 is 0.273 bits per heavy atom. The molecular weight excluding hydrogens is 1060 g/mol. The smallest absolute Gasteiger partial charge is 0.252 e. The van der Waals surface area contributed by atoms with Crippen LogP contribution in [0.1, 0.15) is 191 Å². The first kappa shape index (κ1) is 62.1. The van der Waals surface area contributed by atoms with E-state index in [-0.39, 0.29) is 39.2 Å². The van der Waals surface area contributed by atoms with Crippen molar-refractivity contribution in [3.05, 3.63) is 224 Å². The van der Waals surface area contributed by atoms with Gasteiger partial charge in [0.05, 0.1) is 17.1 Å². The summed E-state index contributed by atoms with van der Waals surface area (Å²) in [5.41, 5.74) is 34.5. The molecule has 0 saturated heterocycles. The second-order valence-electron chi connectivity index (χ2n) is 32.6. The Morgan fingerprint density at radius 2 is 0.545 bits per heavy atom. The molecule has 0 saturated carbocycles. The van der Waals surface area contributed by atoms with Crippen LogP contribution in [0.2, 0.25) is 0 Å². The zero-order chi connectivity index (χ0) is 63.9. The molecule has 0 aromatic heterocycles. The zero-order valence-electron chi connectivity index (χ0n) is 57.9. The van der Waals surface area contributed by atoms with Gasteiger partial charge in [-0.05, 0) is 217 Å². The van der Waals surface area contributed by atoms with Crippen molar-refractivity contribution in [1.82, 2.24) is 0 Å². The molecule has 452 valence electrons. The third kappa shape index (κ3) is 11.5. The van der Waals surface area contributed by atoms with Gasteiger partial charge in [-0.15, -0.1) is 0 Å². The molecular formula is C84H98BN3. The van der Waals surface area contributed by atoms with Crippen LogP contribution in [0.5, 0.6) is 0 Å². The van der Waals surface area contributed by atoms with Crippen LogP contribution in [0.15, 0.2) is 158 Å². The molecule has 88 heavy (non-hydrogen) atoms. The molecule has 2 aliphatic heterocycles. The molecule has 0 amide bonds.